The second-order valence-corrected chi connectivity index (χ2v) is 13.1. The lowest BCUT2D eigenvalue weighted by Crippen LogP contribution is -2.62. The average Bonchev–Trinajstić information content (AvgIpc) is 3.63. The summed E-state index contributed by atoms with van der Waals surface area (Å²) in [5.41, 5.74) is 7.14. The molecule has 0 amide bonds. The van der Waals surface area contributed by atoms with E-state index in [-0.39, 0.29) is 0 Å². The van der Waals surface area contributed by atoms with Crippen LogP contribution >= 0.6 is 0 Å². The summed E-state index contributed by atoms with van der Waals surface area (Å²) in [5.74, 6) is 1.81. The highest BCUT2D eigenvalue weighted by Gasteiger charge is 2.63. The smallest absolute Gasteiger partial charge is 0.170 e. The summed E-state index contributed by atoms with van der Waals surface area (Å²) in [6.07, 6.45) is 0.612. The minimum atomic E-state index is -0.797. The largest absolute Gasteiger partial charge is 0.297 e. The number of hydrogen-bond donors (Lipinski definition) is 0. The molecule has 0 N–H and O–H groups in total. The number of hydrazone groups is 2. The van der Waals surface area contributed by atoms with Crippen molar-refractivity contribution in [3.05, 3.63) is 192 Å². The van der Waals surface area contributed by atoms with E-state index >= 15 is 0 Å². The summed E-state index contributed by atoms with van der Waals surface area (Å²) < 4.78 is 0. The van der Waals surface area contributed by atoms with E-state index in [0.29, 0.717) is 6.42 Å². The predicted molar refractivity (Wildman–Crippen MR) is 201 cm³/mol. The third-order valence-corrected chi connectivity index (χ3v) is 9.97. The first-order valence-corrected chi connectivity index (χ1v) is 16.8. The molecule has 6 heteroatoms. The van der Waals surface area contributed by atoms with Gasteiger partial charge in [0.1, 0.15) is 5.66 Å². The first kappa shape index (κ1) is 29.0. The molecular weight excluding hydrogens is 601 g/mol. The molecule has 6 aromatic rings. The van der Waals surface area contributed by atoms with Crippen molar-refractivity contribution in [1.29, 1.82) is 0 Å². The standard InChI is InChI=1S/C43H36N6/c1-32-28-29-38-39(30-32)47-41(34-20-10-4-11-21-34)45-49(37-26-16-7-17-27-37)43(47,35-22-12-5-13-23-35)31-42(2)46(38)40(33-18-8-3-9-19-33)44-48(42)36-24-14-6-15-25-36/h3-30H,31H2,1-2H3/t42-,43+/m1/s1. The summed E-state index contributed by atoms with van der Waals surface area (Å²) >= 11 is 0. The highest BCUT2D eigenvalue weighted by molar-refractivity contribution is 6.19. The molecule has 0 aromatic heterocycles. The van der Waals surface area contributed by atoms with E-state index in [4.69, 9.17) is 10.2 Å². The van der Waals surface area contributed by atoms with Gasteiger partial charge in [-0.25, -0.2) is 10.0 Å². The molecule has 0 saturated carbocycles. The molecule has 0 unspecified atom stereocenters. The zero-order valence-electron chi connectivity index (χ0n) is 27.6. The van der Waals surface area contributed by atoms with Gasteiger partial charge in [-0.1, -0.05) is 133 Å². The van der Waals surface area contributed by atoms with Crippen molar-refractivity contribution in [3.63, 3.8) is 0 Å². The van der Waals surface area contributed by atoms with Gasteiger partial charge in [0.15, 0.2) is 17.3 Å². The van der Waals surface area contributed by atoms with Crippen molar-refractivity contribution in [2.24, 2.45) is 10.2 Å². The molecule has 3 aliphatic rings. The fourth-order valence-electron chi connectivity index (χ4n) is 7.88. The second kappa shape index (κ2) is 11.2. The number of hydrogen-bond acceptors (Lipinski definition) is 6. The van der Waals surface area contributed by atoms with Crippen LogP contribution in [0.4, 0.5) is 22.7 Å². The maximum atomic E-state index is 5.61. The van der Waals surface area contributed by atoms with Gasteiger partial charge in [-0.3, -0.25) is 9.80 Å². The normalized spacial score (nSPS) is 21.0. The van der Waals surface area contributed by atoms with Crippen molar-refractivity contribution in [2.75, 3.05) is 19.8 Å². The Labute approximate surface area is 287 Å². The van der Waals surface area contributed by atoms with E-state index in [1.54, 1.807) is 0 Å². The van der Waals surface area contributed by atoms with Crippen LogP contribution in [0.15, 0.2) is 180 Å². The fraction of sp³-hybridized carbons (Fsp3) is 0.116. The predicted octanol–water partition coefficient (Wildman–Crippen LogP) is 9.34. The summed E-state index contributed by atoms with van der Waals surface area (Å²) in [7, 11) is 0. The fourth-order valence-corrected chi connectivity index (χ4v) is 7.88. The molecule has 3 heterocycles. The summed E-state index contributed by atoms with van der Waals surface area (Å²) in [6.45, 7) is 4.51. The molecule has 0 radical (unpaired) electrons. The van der Waals surface area contributed by atoms with Crippen LogP contribution in [0.1, 0.15) is 35.6 Å². The average molecular weight is 637 g/mol. The van der Waals surface area contributed by atoms with Gasteiger partial charge in [-0.15, -0.1) is 0 Å². The molecule has 0 aliphatic carbocycles. The molecule has 238 valence electrons. The SMILES string of the molecule is Cc1ccc2c(c1)N1C(c3ccccc3)=NN(c3ccccc3)[C@]1(c1ccccc1)C[C@@]1(C)N(c3ccccc3)N=C(c3ccccc3)N21. The minimum Gasteiger partial charge on any atom is -0.297 e. The van der Waals surface area contributed by atoms with Gasteiger partial charge in [-0.2, -0.15) is 10.2 Å². The summed E-state index contributed by atoms with van der Waals surface area (Å²) in [5, 5.41) is 15.6. The Morgan fingerprint density at radius 1 is 0.490 bits per heavy atom. The zero-order chi connectivity index (χ0) is 33.0. The van der Waals surface area contributed by atoms with E-state index < -0.39 is 11.3 Å². The van der Waals surface area contributed by atoms with E-state index in [1.807, 2.05) is 0 Å². The van der Waals surface area contributed by atoms with Crippen molar-refractivity contribution < 1.29 is 0 Å². The van der Waals surface area contributed by atoms with Gasteiger partial charge in [-0.05, 0) is 55.8 Å². The van der Waals surface area contributed by atoms with Gasteiger partial charge < -0.3 is 0 Å². The number of nitrogens with zero attached hydrogens (tertiary/aromatic N) is 6. The van der Waals surface area contributed by atoms with Gasteiger partial charge in [0.25, 0.3) is 0 Å². The van der Waals surface area contributed by atoms with Crippen LogP contribution in [-0.4, -0.2) is 17.3 Å². The maximum absolute atomic E-state index is 5.61. The number of rotatable bonds is 5. The molecule has 9 rings (SSSR count). The first-order valence-electron chi connectivity index (χ1n) is 16.8. The number of para-hydroxylation sites is 2. The van der Waals surface area contributed by atoms with Gasteiger partial charge in [0.05, 0.1) is 22.7 Å². The molecule has 6 nitrogen and oxygen atoms in total. The molecule has 49 heavy (non-hydrogen) atoms. The van der Waals surface area contributed by atoms with Crippen molar-refractivity contribution >= 4 is 34.4 Å². The quantitative estimate of drug-likeness (QED) is 0.189. The molecular formula is C43H36N6. The number of amidine groups is 2. The van der Waals surface area contributed by atoms with Crippen LogP contribution in [0.25, 0.3) is 0 Å². The molecule has 0 fully saturated rings. The summed E-state index contributed by atoms with van der Waals surface area (Å²) in [6, 6.07) is 60.0. The molecule has 2 atom stereocenters. The summed E-state index contributed by atoms with van der Waals surface area (Å²) in [4.78, 5) is 4.97. The van der Waals surface area contributed by atoms with Gasteiger partial charge >= 0.3 is 0 Å². The number of fused-ring (bicyclic) bond motifs is 5. The Morgan fingerprint density at radius 3 is 1.53 bits per heavy atom. The van der Waals surface area contributed by atoms with Crippen molar-refractivity contribution in [2.45, 2.75) is 31.6 Å². The molecule has 6 aromatic carbocycles. The number of aryl methyl sites for hydroxylation is 1. The van der Waals surface area contributed by atoms with Crippen molar-refractivity contribution in [3.8, 4) is 0 Å². The third-order valence-electron chi connectivity index (χ3n) is 9.97. The Kier molecular flexibility index (Phi) is 6.66. The molecule has 0 spiro atoms. The van der Waals surface area contributed by atoms with E-state index in [0.717, 1.165) is 51.1 Å². The van der Waals surface area contributed by atoms with Crippen LogP contribution < -0.4 is 19.8 Å². The Morgan fingerprint density at radius 2 is 0.959 bits per heavy atom. The van der Waals surface area contributed by atoms with Crippen LogP contribution in [0, 0.1) is 6.92 Å². The third kappa shape index (κ3) is 4.41. The van der Waals surface area contributed by atoms with Crippen molar-refractivity contribution in [1.82, 2.24) is 0 Å². The highest BCUT2D eigenvalue weighted by atomic mass is 15.7. The van der Waals surface area contributed by atoms with Gasteiger partial charge in [0.2, 0.25) is 0 Å². The Balaban J connectivity index is 1.41. The van der Waals surface area contributed by atoms with Crippen LogP contribution in [0.2, 0.25) is 0 Å². The lowest BCUT2D eigenvalue weighted by atomic mass is 9.85. The van der Waals surface area contributed by atoms with E-state index in [1.165, 1.54) is 5.56 Å². The molecule has 0 saturated heterocycles. The highest BCUT2D eigenvalue weighted by Crippen LogP contribution is 2.58. The number of anilines is 4. The Bertz CT molecular complexity index is 2190. The topological polar surface area (TPSA) is 37.7 Å². The van der Waals surface area contributed by atoms with Crippen LogP contribution in [0.3, 0.4) is 0 Å². The molecule has 3 aliphatic heterocycles. The monoisotopic (exact) mass is 636 g/mol. The van der Waals surface area contributed by atoms with Crippen LogP contribution in [-0.2, 0) is 5.66 Å². The minimum absolute atomic E-state index is 0.612. The number of benzene rings is 6. The zero-order valence-corrected chi connectivity index (χ0v) is 27.6. The molecule has 0 bridgehead atoms. The first-order chi connectivity index (χ1) is 24.1. The lowest BCUT2D eigenvalue weighted by Gasteiger charge is -2.49. The maximum Gasteiger partial charge on any atom is 0.170 e. The Hall–Kier alpha value is -6.14. The lowest BCUT2D eigenvalue weighted by molar-refractivity contribution is 0.305. The van der Waals surface area contributed by atoms with E-state index in [9.17, 15) is 0 Å². The van der Waals surface area contributed by atoms with Crippen LogP contribution in [0.5, 0.6) is 0 Å². The van der Waals surface area contributed by atoms with Gasteiger partial charge in [0, 0.05) is 23.1 Å². The second-order valence-electron chi connectivity index (χ2n) is 13.1. The van der Waals surface area contributed by atoms with E-state index in [2.05, 4.69) is 204 Å².